The predicted octanol–water partition coefficient (Wildman–Crippen LogP) is 7.08. The van der Waals surface area contributed by atoms with E-state index in [9.17, 15) is 14.7 Å². The Hall–Kier alpha value is -4.81. The molecule has 5 aromatic rings. The summed E-state index contributed by atoms with van der Waals surface area (Å²) in [4.78, 5) is 29.2. The third-order valence-corrected chi connectivity index (χ3v) is 9.42. The van der Waals surface area contributed by atoms with Crippen molar-refractivity contribution >= 4 is 50.9 Å². The van der Waals surface area contributed by atoms with Crippen molar-refractivity contribution in [1.29, 1.82) is 0 Å². The molecule has 45 heavy (non-hydrogen) atoms. The molecule has 230 valence electrons. The second-order valence-corrected chi connectivity index (χ2v) is 12.3. The highest BCUT2D eigenvalue weighted by Crippen LogP contribution is 2.46. The lowest BCUT2D eigenvalue weighted by molar-refractivity contribution is -0.117. The van der Waals surface area contributed by atoms with Gasteiger partial charge in [-0.3, -0.25) is 14.5 Å². The summed E-state index contributed by atoms with van der Waals surface area (Å²) in [5.74, 6) is -0.184. The maximum Gasteiger partial charge on any atom is 0.296 e. The first-order valence-electron chi connectivity index (χ1n) is 14.0. The first-order chi connectivity index (χ1) is 21.8. The van der Waals surface area contributed by atoms with Gasteiger partial charge in [-0.25, -0.2) is 0 Å². The first kappa shape index (κ1) is 30.2. The standard InChI is InChI=1S/C33H29N3O7S2/c1-5-42-22-14-13-20(15-24(22)41-4)27-26(28(37)25-16-21-7-6-8-23(40-3)30(21)43-25)29(38)31(39)36(27)32-34-35-33(45-32)44-17-19-11-9-18(2)10-12-19/h6-16,27,38H,5,17H2,1-4H3. The van der Waals surface area contributed by atoms with Crippen molar-refractivity contribution in [1.82, 2.24) is 10.2 Å². The summed E-state index contributed by atoms with van der Waals surface area (Å²) in [5.41, 5.74) is 3.00. The van der Waals surface area contributed by atoms with E-state index in [1.54, 1.807) is 42.5 Å². The van der Waals surface area contributed by atoms with Gasteiger partial charge < -0.3 is 23.7 Å². The van der Waals surface area contributed by atoms with Gasteiger partial charge in [-0.2, -0.15) is 0 Å². The summed E-state index contributed by atoms with van der Waals surface area (Å²) >= 11 is 2.68. The first-order valence-corrected chi connectivity index (χ1v) is 15.8. The number of nitrogens with zero attached hydrogens (tertiary/aromatic N) is 3. The number of hydrogen-bond donors (Lipinski definition) is 1. The van der Waals surface area contributed by atoms with E-state index in [4.69, 9.17) is 18.6 Å². The van der Waals surface area contributed by atoms with E-state index in [0.717, 1.165) is 5.56 Å². The number of aliphatic hydroxyl groups excluding tert-OH is 1. The summed E-state index contributed by atoms with van der Waals surface area (Å²) in [6, 6.07) is 19.1. The van der Waals surface area contributed by atoms with Crippen LogP contribution in [0.2, 0.25) is 0 Å². The second-order valence-electron chi connectivity index (χ2n) is 10.1. The molecule has 1 unspecified atom stereocenters. The fraction of sp³-hybridized carbons (Fsp3) is 0.212. The van der Waals surface area contributed by atoms with Gasteiger partial charge in [0.1, 0.15) is 0 Å². The Balaban J connectivity index is 1.40. The summed E-state index contributed by atoms with van der Waals surface area (Å²) in [6.07, 6.45) is 0. The molecule has 0 spiro atoms. The monoisotopic (exact) mass is 643 g/mol. The molecule has 1 aliphatic rings. The highest BCUT2D eigenvalue weighted by atomic mass is 32.2. The van der Waals surface area contributed by atoms with Crippen LogP contribution in [0.5, 0.6) is 17.2 Å². The highest BCUT2D eigenvalue weighted by molar-refractivity contribution is 8.00. The minimum Gasteiger partial charge on any atom is -0.503 e. The third-order valence-electron chi connectivity index (χ3n) is 7.29. The van der Waals surface area contributed by atoms with Gasteiger partial charge in [0, 0.05) is 11.1 Å². The number of ketones is 1. The smallest absolute Gasteiger partial charge is 0.296 e. The Labute approximate surface area is 267 Å². The number of aryl methyl sites for hydroxylation is 1. The Morgan fingerprint density at radius 1 is 1.02 bits per heavy atom. The van der Waals surface area contributed by atoms with Gasteiger partial charge in [0.2, 0.25) is 10.9 Å². The summed E-state index contributed by atoms with van der Waals surface area (Å²) in [7, 11) is 3.01. The van der Waals surface area contributed by atoms with E-state index in [1.165, 1.54) is 47.8 Å². The minimum absolute atomic E-state index is 0.0554. The highest BCUT2D eigenvalue weighted by Gasteiger charge is 2.47. The number of Topliss-reactive ketones (excluding diaryl/α,β-unsaturated/α-hetero) is 1. The predicted molar refractivity (Wildman–Crippen MR) is 172 cm³/mol. The van der Waals surface area contributed by atoms with Crippen LogP contribution in [0.15, 0.2) is 86.8 Å². The van der Waals surface area contributed by atoms with E-state index in [0.29, 0.717) is 50.5 Å². The maximum atomic E-state index is 14.1. The van der Waals surface area contributed by atoms with Crippen molar-refractivity contribution in [2.24, 2.45) is 0 Å². The number of carbonyl (C=O) groups excluding carboxylic acids is 2. The Kier molecular flexibility index (Phi) is 8.50. The normalized spacial score (nSPS) is 14.8. The van der Waals surface area contributed by atoms with Gasteiger partial charge in [0.25, 0.3) is 5.91 Å². The quantitative estimate of drug-likeness (QED) is 0.0907. The zero-order valence-electron chi connectivity index (χ0n) is 24.9. The molecule has 1 N–H and O–H groups in total. The third kappa shape index (κ3) is 5.74. The van der Waals surface area contributed by atoms with Crippen LogP contribution in [0.1, 0.15) is 40.2 Å². The minimum atomic E-state index is -1.06. The average molecular weight is 644 g/mol. The molecule has 1 atom stereocenters. The van der Waals surface area contributed by atoms with E-state index < -0.39 is 23.5 Å². The van der Waals surface area contributed by atoms with Crippen molar-refractivity contribution in [2.45, 2.75) is 30.0 Å². The molecular formula is C33H29N3O7S2. The Morgan fingerprint density at radius 3 is 2.53 bits per heavy atom. The van der Waals surface area contributed by atoms with Crippen LogP contribution in [-0.4, -0.2) is 47.8 Å². The van der Waals surface area contributed by atoms with Crippen LogP contribution in [0.4, 0.5) is 5.13 Å². The van der Waals surface area contributed by atoms with Crippen LogP contribution in [0, 0.1) is 6.92 Å². The summed E-state index contributed by atoms with van der Waals surface area (Å²) in [6.45, 7) is 4.30. The molecule has 0 fully saturated rings. The number of benzene rings is 3. The van der Waals surface area contributed by atoms with Gasteiger partial charge in [0.05, 0.1) is 32.4 Å². The molecule has 0 saturated heterocycles. The SMILES string of the molecule is CCOc1ccc(C2C(C(=O)c3cc4cccc(OC)c4o3)=C(O)C(=O)N2c2nnc(SCc3ccc(C)cc3)s2)cc1OC. The van der Waals surface area contributed by atoms with Crippen LogP contribution >= 0.6 is 23.1 Å². The van der Waals surface area contributed by atoms with Crippen molar-refractivity contribution in [3.63, 3.8) is 0 Å². The largest absolute Gasteiger partial charge is 0.503 e. The fourth-order valence-corrected chi connectivity index (χ4v) is 6.93. The summed E-state index contributed by atoms with van der Waals surface area (Å²) < 4.78 is 23.2. The number of fused-ring (bicyclic) bond motifs is 1. The van der Waals surface area contributed by atoms with E-state index in [2.05, 4.69) is 22.3 Å². The average Bonchev–Trinajstić information content (AvgIpc) is 3.77. The molecule has 0 aliphatic carbocycles. The van der Waals surface area contributed by atoms with Gasteiger partial charge in [-0.1, -0.05) is 71.1 Å². The van der Waals surface area contributed by atoms with Crippen molar-refractivity contribution in [3.05, 3.63) is 101 Å². The molecule has 1 aliphatic heterocycles. The number of methoxy groups -OCH3 is 2. The number of anilines is 1. The molecule has 3 heterocycles. The number of thioether (sulfide) groups is 1. The zero-order valence-corrected chi connectivity index (χ0v) is 26.5. The van der Waals surface area contributed by atoms with Gasteiger partial charge in [-0.05, 0) is 49.2 Å². The number of aliphatic hydroxyl groups is 1. The molecule has 6 rings (SSSR count). The number of carbonyl (C=O) groups is 2. The number of rotatable bonds is 11. The van der Waals surface area contributed by atoms with Crippen LogP contribution in [0.3, 0.4) is 0 Å². The Morgan fingerprint density at radius 2 is 1.80 bits per heavy atom. The van der Waals surface area contributed by atoms with E-state index in [-0.39, 0.29) is 16.5 Å². The molecule has 12 heteroatoms. The lowest BCUT2D eigenvalue weighted by Gasteiger charge is -2.24. The van der Waals surface area contributed by atoms with Crippen LogP contribution < -0.4 is 19.1 Å². The maximum absolute atomic E-state index is 14.1. The number of hydrogen-bond acceptors (Lipinski definition) is 11. The Bertz CT molecular complexity index is 1930. The molecule has 0 saturated carbocycles. The molecule has 3 aromatic carbocycles. The lowest BCUT2D eigenvalue weighted by atomic mass is 9.95. The molecule has 0 bridgehead atoms. The zero-order chi connectivity index (χ0) is 31.7. The molecule has 1 amide bonds. The van der Waals surface area contributed by atoms with Gasteiger partial charge >= 0.3 is 0 Å². The fourth-order valence-electron chi connectivity index (χ4n) is 5.11. The van der Waals surface area contributed by atoms with E-state index in [1.807, 2.05) is 26.0 Å². The number of amides is 1. The molecule has 0 radical (unpaired) electrons. The lowest BCUT2D eigenvalue weighted by Crippen LogP contribution is -2.31. The molecule has 10 nitrogen and oxygen atoms in total. The van der Waals surface area contributed by atoms with Crippen molar-refractivity contribution in [2.75, 3.05) is 25.7 Å². The summed E-state index contributed by atoms with van der Waals surface area (Å²) in [5, 5.41) is 20.7. The van der Waals surface area contributed by atoms with E-state index >= 15 is 0 Å². The van der Waals surface area contributed by atoms with Crippen LogP contribution in [-0.2, 0) is 10.5 Å². The van der Waals surface area contributed by atoms with Crippen LogP contribution in [0.25, 0.3) is 11.0 Å². The van der Waals surface area contributed by atoms with Gasteiger partial charge in [0.15, 0.2) is 38.7 Å². The van der Waals surface area contributed by atoms with Gasteiger partial charge in [-0.15, -0.1) is 10.2 Å². The second kappa shape index (κ2) is 12.7. The molecule has 2 aromatic heterocycles. The van der Waals surface area contributed by atoms with Crippen molar-refractivity contribution in [3.8, 4) is 17.2 Å². The van der Waals surface area contributed by atoms with Crippen molar-refractivity contribution < 1.29 is 33.3 Å². The number of ether oxygens (including phenoxy) is 3. The molecular weight excluding hydrogens is 615 g/mol. The topological polar surface area (TPSA) is 124 Å². The number of aromatic nitrogens is 2. The number of para-hydroxylation sites is 1. The number of furan rings is 1.